The highest BCUT2D eigenvalue weighted by Crippen LogP contribution is 2.38. The second-order valence-corrected chi connectivity index (χ2v) is 8.27. The Bertz CT molecular complexity index is 1140. The molecule has 176 valence electrons. The van der Waals surface area contributed by atoms with Gasteiger partial charge < -0.3 is 24.0 Å². The van der Waals surface area contributed by atoms with Gasteiger partial charge in [-0.1, -0.05) is 30.3 Å². The highest BCUT2D eigenvalue weighted by molar-refractivity contribution is 5.93. The number of nitrogens with zero attached hydrogens (tertiary/aromatic N) is 2. The maximum Gasteiger partial charge on any atom is 0.337 e. The predicted octanol–water partition coefficient (Wildman–Crippen LogP) is 5.00. The number of carbonyl (C=O) groups excluding carboxylic acids is 1. The number of hydrogen-bond acceptors (Lipinski definition) is 6. The van der Waals surface area contributed by atoms with Crippen molar-refractivity contribution in [3.63, 3.8) is 0 Å². The molecule has 6 nitrogen and oxygen atoms in total. The SMILES string of the molecule is COC(=O)C1(/C=C(\C)c2ccccc2)CN(c2ccc(OC)cc2)CN1c1ccc(OC)cc1. The molecule has 0 amide bonds. The summed E-state index contributed by atoms with van der Waals surface area (Å²) in [5.41, 5.74) is 2.93. The molecule has 0 aromatic heterocycles. The van der Waals surface area contributed by atoms with Crippen molar-refractivity contribution < 1.29 is 19.0 Å². The maximum atomic E-state index is 13.5. The Hall–Kier alpha value is -3.93. The zero-order chi connectivity index (χ0) is 24.1. The fourth-order valence-electron chi connectivity index (χ4n) is 4.44. The number of allylic oxidation sites excluding steroid dienone is 1. The molecule has 0 bridgehead atoms. The Balaban J connectivity index is 1.83. The molecule has 1 fully saturated rings. The second kappa shape index (κ2) is 9.91. The van der Waals surface area contributed by atoms with Crippen LogP contribution in [0.2, 0.25) is 0 Å². The van der Waals surface area contributed by atoms with Crippen molar-refractivity contribution in [2.24, 2.45) is 0 Å². The first kappa shape index (κ1) is 23.2. The largest absolute Gasteiger partial charge is 0.497 e. The van der Waals surface area contributed by atoms with Gasteiger partial charge in [0, 0.05) is 11.4 Å². The van der Waals surface area contributed by atoms with Gasteiger partial charge in [0.15, 0.2) is 5.54 Å². The van der Waals surface area contributed by atoms with E-state index in [0.717, 1.165) is 34.0 Å². The van der Waals surface area contributed by atoms with Crippen LogP contribution >= 0.6 is 0 Å². The lowest BCUT2D eigenvalue weighted by molar-refractivity contribution is -0.144. The van der Waals surface area contributed by atoms with Crippen LogP contribution < -0.4 is 19.3 Å². The number of carbonyl (C=O) groups is 1. The lowest BCUT2D eigenvalue weighted by Crippen LogP contribution is -2.52. The molecule has 4 rings (SSSR count). The van der Waals surface area contributed by atoms with E-state index in [1.165, 1.54) is 7.11 Å². The Labute approximate surface area is 201 Å². The Morgan fingerprint density at radius 2 is 1.38 bits per heavy atom. The zero-order valence-corrected chi connectivity index (χ0v) is 20.0. The van der Waals surface area contributed by atoms with E-state index >= 15 is 0 Å². The first-order valence-corrected chi connectivity index (χ1v) is 11.1. The summed E-state index contributed by atoms with van der Waals surface area (Å²) >= 11 is 0. The molecular weight excluding hydrogens is 428 g/mol. The minimum Gasteiger partial charge on any atom is -0.497 e. The average molecular weight is 459 g/mol. The van der Waals surface area contributed by atoms with E-state index in [4.69, 9.17) is 14.2 Å². The smallest absolute Gasteiger partial charge is 0.337 e. The Kier molecular flexibility index (Phi) is 6.77. The number of ether oxygens (including phenoxy) is 3. The van der Waals surface area contributed by atoms with E-state index in [9.17, 15) is 4.79 Å². The molecule has 0 spiro atoms. The topological polar surface area (TPSA) is 51.2 Å². The second-order valence-electron chi connectivity index (χ2n) is 8.27. The maximum absolute atomic E-state index is 13.5. The van der Waals surface area contributed by atoms with E-state index in [0.29, 0.717) is 13.2 Å². The molecule has 0 N–H and O–H groups in total. The van der Waals surface area contributed by atoms with Crippen molar-refractivity contribution in [3.8, 4) is 11.5 Å². The van der Waals surface area contributed by atoms with Gasteiger partial charge in [-0.05, 0) is 72.7 Å². The lowest BCUT2D eigenvalue weighted by atomic mass is 9.92. The van der Waals surface area contributed by atoms with Gasteiger partial charge in [0.05, 0.1) is 34.5 Å². The quantitative estimate of drug-likeness (QED) is 0.464. The molecule has 6 heteroatoms. The fourth-order valence-corrected chi connectivity index (χ4v) is 4.44. The van der Waals surface area contributed by atoms with Crippen LogP contribution in [0.5, 0.6) is 11.5 Å². The number of anilines is 2. The van der Waals surface area contributed by atoms with Crippen LogP contribution in [-0.4, -0.2) is 46.1 Å². The normalized spacial score (nSPS) is 18.1. The summed E-state index contributed by atoms with van der Waals surface area (Å²) in [5.74, 6) is 1.23. The Morgan fingerprint density at radius 3 is 1.91 bits per heavy atom. The van der Waals surface area contributed by atoms with Crippen molar-refractivity contribution in [2.75, 3.05) is 44.3 Å². The van der Waals surface area contributed by atoms with Gasteiger partial charge in [-0.25, -0.2) is 4.79 Å². The van der Waals surface area contributed by atoms with Gasteiger partial charge in [0.25, 0.3) is 0 Å². The Morgan fingerprint density at radius 1 is 0.824 bits per heavy atom. The summed E-state index contributed by atoms with van der Waals surface area (Å²) in [6.07, 6.45) is 2.03. The third-order valence-electron chi connectivity index (χ3n) is 6.27. The van der Waals surface area contributed by atoms with E-state index in [1.54, 1.807) is 14.2 Å². The van der Waals surface area contributed by atoms with Gasteiger partial charge in [-0.2, -0.15) is 0 Å². The minimum absolute atomic E-state index is 0.311. The highest BCUT2D eigenvalue weighted by atomic mass is 16.5. The van der Waals surface area contributed by atoms with E-state index in [2.05, 4.69) is 9.80 Å². The van der Waals surface area contributed by atoms with Gasteiger partial charge in [-0.15, -0.1) is 0 Å². The highest BCUT2D eigenvalue weighted by Gasteiger charge is 2.50. The fraction of sp³-hybridized carbons (Fsp3) is 0.250. The number of esters is 1. The van der Waals surface area contributed by atoms with Crippen molar-refractivity contribution >= 4 is 22.9 Å². The summed E-state index contributed by atoms with van der Waals surface area (Å²) in [7, 11) is 4.73. The van der Waals surface area contributed by atoms with Crippen molar-refractivity contribution in [1.82, 2.24) is 0 Å². The van der Waals surface area contributed by atoms with Gasteiger partial charge in [-0.3, -0.25) is 0 Å². The molecule has 1 atom stereocenters. The lowest BCUT2D eigenvalue weighted by Gasteiger charge is -2.34. The molecule has 1 aliphatic heterocycles. The summed E-state index contributed by atoms with van der Waals surface area (Å²) < 4.78 is 16.1. The molecule has 1 aliphatic rings. The third-order valence-corrected chi connectivity index (χ3v) is 6.27. The predicted molar refractivity (Wildman–Crippen MR) is 136 cm³/mol. The molecule has 3 aromatic rings. The first-order chi connectivity index (χ1) is 16.5. The summed E-state index contributed by atoms with van der Waals surface area (Å²) in [6, 6.07) is 25.7. The number of rotatable bonds is 7. The van der Waals surface area contributed by atoms with Crippen LogP contribution in [0.4, 0.5) is 11.4 Å². The average Bonchev–Trinajstić information content (AvgIpc) is 3.29. The molecular formula is C28H30N2O4. The standard InChI is InChI=1S/C28H30N2O4/c1-21(22-8-6-5-7-9-22)18-28(27(31)34-4)19-29(23-10-14-25(32-2)15-11-23)20-30(28)24-12-16-26(33-3)17-13-24/h5-18H,19-20H2,1-4H3/b21-18+. The van der Waals surface area contributed by atoms with Crippen molar-refractivity contribution in [2.45, 2.75) is 12.5 Å². The summed E-state index contributed by atoms with van der Waals surface area (Å²) in [6.45, 7) is 2.97. The van der Waals surface area contributed by atoms with Crippen LogP contribution in [0.3, 0.4) is 0 Å². The van der Waals surface area contributed by atoms with Crippen LogP contribution in [0.25, 0.3) is 5.57 Å². The van der Waals surface area contributed by atoms with Crippen LogP contribution in [-0.2, 0) is 9.53 Å². The molecule has 1 saturated heterocycles. The van der Waals surface area contributed by atoms with Gasteiger partial charge >= 0.3 is 5.97 Å². The summed E-state index contributed by atoms with van der Waals surface area (Å²) in [4.78, 5) is 17.8. The molecule has 1 heterocycles. The summed E-state index contributed by atoms with van der Waals surface area (Å²) in [5, 5.41) is 0. The molecule has 0 aliphatic carbocycles. The van der Waals surface area contributed by atoms with Gasteiger partial charge in [0.1, 0.15) is 11.5 Å². The van der Waals surface area contributed by atoms with Crippen LogP contribution in [0, 0.1) is 0 Å². The molecule has 0 saturated carbocycles. The number of hydrogen-bond donors (Lipinski definition) is 0. The minimum atomic E-state index is -1.02. The van der Waals surface area contributed by atoms with E-state index in [-0.39, 0.29) is 5.97 Å². The van der Waals surface area contributed by atoms with Gasteiger partial charge in [0.2, 0.25) is 0 Å². The molecule has 3 aromatic carbocycles. The molecule has 0 radical (unpaired) electrons. The van der Waals surface area contributed by atoms with Crippen LogP contribution in [0.1, 0.15) is 12.5 Å². The monoisotopic (exact) mass is 458 g/mol. The zero-order valence-electron chi connectivity index (χ0n) is 20.0. The van der Waals surface area contributed by atoms with E-state index in [1.807, 2.05) is 91.9 Å². The number of methoxy groups -OCH3 is 3. The molecule has 34 heavy (non-hydrogen) atoms. The van der Waals surface area contributed by atoms with Crippen LogP contribution in [0.15, 0.2) is 84.9 Å². The third kappa shape index (κ3) is 4.44. The molecule has 1 unspecified atom stereocenters. The van der Waals surface area contributed by atoms with Crippen molar-refractivity contribution in [1.29, 1.82) is 0 Å². The van der Waals surface area contributed by atoms with E-state index < -0.39 is 5.54 Å². The van der Waals surface area contributed by atoms with Crippen molar-refractivity contribution in [3.05, 3.63) is 90.5 Å². The number of benzene rings is 3. The first-order valence-electron chi connectivity index (χ1n) is 11.1.